The van der Waals surface area contributed by atoms with Gasteiger partial charge in [0.1, 0.15) is 5.75 Å². The standard InChI is InChI=1S/C25H29N3O2/c1-2-3-4-5-6-10-19-30-22-15-13-21(14-16-22)25(29)26-24-18-17-23(27-28-24)20-11-8-7-9-12-20/h7-9,11-18H,2-6,10,19H2,1H3,(H,26,28,29). The van der Waals surface area contributed by atoms with Gasteiger partial charge in [0.15, 0.2) is 5.82 Å². The monoisotopic (exact) mass is 403 g/mol. The zero-order chi connectivity index (χ0) is 21.0. The average molecular weight is 404 g/mol. The third kappa shape index (κ3) is 6.69. The predicted octanol–water partition coefficient (Wildman–Crippen LogP) is 6.14. The van der Waals surface area contributed by atoms with Crippen molar-refractivity contribution in [2.45, 2.75) is 45.4 Å². The van der Waals surface area contributed by atoms with E-state index in [0.29, 0.717) is 18.0 Å². The molecule has 2 aromatic carbocycles. The molecule has 3 aromatic rings. The Labute approximate surface area is 178 Å². The van der Waals surface area contributed by atoms with Crippen LogP contribution in [0.5, 0.6) is 5.75 Å². The minimum absolute atomic E-state index is 0.223. The predicted molar refractivity (Wildman–Crippen MR) is 121 cm³/mol. The van der Waals surface area contributed by atoms with Crippen molar-refractivity contribution >= 4 is 11.7 Å². The van der Waals surface area contributed by atoms with E-state index in [1.54, 1.807) is 18.2 Å². The van der Waals surface area contributed by atoms with Crippen LogP contribution >= 0.6 is 0 Å². The third-order valence-corrected chi connectivity index (χ3v) is 4.86. The molecule has 0 saturated heterocycles. The fraction of sp³-hybridized carbons (Fsp3) is 0.320. The van der Waals surface area contributed by atoms with E-state index in [9.17, 15) is 4.79 Å². The van der Waals surface area contributed by atoms with Crippen LogP contribution in [-0.4, -0.2) is 22.7 Å². The number of carbonyl (C=O) groups excluding carboxylic acids is 1. The Bertz CT molecular complexity index is 894. The first kappa shape index (κ1) is 21.5. The van der Waals surface area contributed by atoms with E-state index in [1.807, 2.05) is 48.5 Å². The molecule has 1 heterocycles. The topological polar surface area (TPSA) is 64.1 Å². The van der Waals surface area contributed by atoms with Crippen LogP contribution in [0, 0.1) is 0 Å². The van der Waals surface area contributed by atoms with E-state index in [2.05, 4.69) is 22.4 Å². The van der Waals surface area contributed by atoms with Crippen LogP contribution in [0.3, 0.4) is 0 Å². The fourth-order valence-electron chi connectivity index (χ4n) is 3.13. The molecule has 0 atom stereocenters. The second kappa shape index (κ2) is 11.7. The fourth-order valence-corrected chi connectivity index (χ4v) is 3.13. The summed E-state index contributed by atoms with van der Waals surface area (Å²) in [5.74, 6) is 0.981. The van der Waals surface area contributed by atoms with Gasteiger partial charge in [-0.15, -0.1) is 10.2 Å². The summed E-state index contributed by atoms with van der Waals surface area (Å²) in [6.07, 6.45) is 7.41. The van der Waals surface area contributed by atoms with Crippen molar-refractivity contribution in [1.82, 2.24) is 10.2 Å². The molecule has 0 unspecified atom stereocenters. The summed E-state index contributed by atoms with van der Waals surface area (Å²) in [5.41, 5.74) is 2.30. The van der Waals surface area contributed by atoms with E-state index in [1.165, 1.54) is 32.1 Å². The van der Waals surface area contributed by atoms with Gasteiger partial charge in [0.25, 0.3) is 5.91 Å². The molecule has 0 saturated carbocycles. The second-order valence-electron chi connectivity index (χ2n) is 7.26. The third-order valence-electron chi connectivity index (χ3n) is 4.86. The average Bonchev–Trinajstić information content (AvgIpc) is 2.80. The summed E-state index contributed by atoms with van der Waals surface area (Å²) in [5, 5.41) is 11.1. The SMILES string of the molecule is CCCCCCCCOc1ccc(C(=O)Nc2ccc(-c3ccccc3)nn2)cc1. The first-order valence-corrected chi connectivity index (χ1v) is 10.7. The number of nitrogens with one attached hydrogen (secondary N) is 1. The number of amides is 1. The van der Waals surface area contributed by atoms with Crippen molar-refractivity contribution in [2.24, 2.45) is 0 Å². The van der Waals surface area contributed by atoms with Gasteiger partial charge >= 0.3 is 0 Å². The molecule has 0 aliphatic rings. The molecule has 0 spiro atoms. The largest absolute Gasteiger partial charge is 0.494 e. The molecule has 0 aliphatic heterocycles. The van der Waals surface area contributed by atoms with Crippen molar-refractivity contribution < 1.29 is 9.53 Å². The van der Waals surface area contributed by atoms with Crippen LogP contribution in [0.2, 0.25) is 0 Å². The highest BCUT2D eigenvalue weighted by molar-refractivity contribution is 6.03. The zero-order valence-electron chi connectivity index (χ0n) is 17.5. The maximum Gasteiger partial charge on any atom is 0.256 e. The molecule has 0 bridgehead atoms. The molecule has 30 heavy (non-hydrogen) atoms. The number of rotatable bonds is 11. The van der Waals surface area contributed by atoms with E-state index >= 15 is 0 Å². The van der Waals surface area contributed by atoms with Gasteiger partial charge in [-0.2, -0.15) is 0 Å². The number of hydrogen-bond donors (Lipinski definition) is 1. The van der Waals surface area contributed by atoms with Crippen molar-refractivity contribution in [2.75, 3.05) is 11.9 Å². The van der Waals surface area contributed by atoms with Crippen molar-refractivity contribution in [3.05, 3.63) is 72.3 Å². The molecule has 0 fully saturated rings. The molecule has 1 aromatic heterocycles. The van der Waals surface area contributed by atoms with Crippen molar-refractivity contribution in [3.63, 3.8) is 0 Å². The smallest absolute Gasteiger partial charge is 0.256 e. The minimum Gasteiger partial charge on any atom is -0.494 e. The maximum atomic E-state index is 12.4. The van der Waals surface area contributed by atoms with Crippen molar-refractivity contribution in [3.8, 4) is 17.0 Å². The van der Waals surface area contributed by atoms with E-state index < -0.39 is 0 Å². The Morgan fingerprint density at radius 3 is 2.27 bits per heavy atom. The van der Waals surface area contributed by atoms with Crippen LogP contribution in [0.15, 0.2) is 66.7 Å². The molecule has 1 amide bonds. The summed E-state index contributed by atoms with van der Waals surface area (Å²) in [4.78, 5) is 12.4. The lowest BCUT2D eigenvalue weighted by atomic mass is 10.1. The van der Waals surface area contributed by atoms with Gasteiger partial charge in [0.05, 0.1) is 12.3 Å². The number of aromatic nitrogens is 2. The highest BCUT2D eigenvalue weighted by Gasteiger charge is 2.08. The number of carbonyl (C=O) groups is 1. The first-order chi connectivity index (χ1) is 14.8. The molecule has 0 aliphatic carbocycles. The summed E-state index contributed by atoms with van der Waals surface area (Å²) in [6.45, 7) is 2.93. The van der Waals surface area contributed by atoms with Gasteiger partial charge in [-0.05, 0) is 42.8 Å². The van der Waals surface area contributed by atoms with Crippen LogP contribution in [0.25, 0.3) is 11.3 Å². The summed E-state index contributed by atoms with van der Waals surface area (Å²) in [7, 11) is 0. The highest BCUT2D eigenvalue weighted by Crippen LogP contribution is 2.17. The first-order valence-electron chi connectivity index (χ1n) is 10.7. The summed E-state index contributed by atoms with van der Waals surface area (Å²) in [6, 6.07) is 20.6. The normalized spacial score (nSPS) is 10.6. The lowest BCUT2D eigenvalue weighted by Gasteiger charge is -2.08. The molecule has 3 rings (SSSR count). The molecular weight excluding hydrogens is 374 g/mol. The summed E-state index contributed by atoms with van der Waals surface area (Å²) < 4.78 is 5.77. The Kier molecular flexibility index (Phi) is 8.39. The number of hydrogen-bond acceptors (Lipinski definition) is 4. The van der Waals surface area contributed by atoms with Gasteiger partial charge < -0.3 is 10.1 Å². The molecule has 0 radical (unpaired) electrons. The van der Waals surface area contributed by atoms with E-state index in [-0.39, 0.29) is 5.91 Å². The van der Waals surface area contributed by atoms with Crippen LogP contribution in [0.1, 0.15) is 55.8 Å². The zero-order valence-corrected chi connectivity index (χ0v) is 17.5. The van der Waals surface area contributed by atoms with E-state index in [0.717, 1.165) is 23.4 Å². The number of nitrogens with zero attached hydrogens (tertiary/aromatic N) is 2. The van der Waals surface area contributed by atoms with Gasteiger partial charge in [0, 0.05) is 11.1 Å². The van der Waals surface area contributed by atoms with Crippen molar-refractivity contribution in [1.29, 1.82) is 0 Å². The molecular formula is C25H29N3O2. The quantitative estimate of drug-likeness (QED) is 0.391. The minimum atomic E-state index is -0.223. The Morgan fingerprint density at radius 2 is 1.57 bits per heavy atom. The number of benzene rings is 2. The highest BCUT2D eigenvalue weighted by atomic mass is 16.5. The number of anilines is 1. The lowest BCUT2D eigenvalue weighted by Crippen LogP contribution is -2.13. The number of ether oxygens (including phenoxy) is 1. The Balaban J connectivity index is 1.45. The van der Waals surface area contributed by atoms with Crippen LogP contribution in [0.4, 0.5) is 5.82 Å². The summed E-state index contributed by atoms with van der Waals surface area (Å²) >= 11 is 0. The Hall–Kier alpha value is -3.21. The maximum absolute atomic E-state index is 12.4. The molecule has 1 N–H and O–H groups in total. The Morgan fingerprint density at radius 1 is 0.833 bits per heavy atom. The molecule has 156 valence electrons. The van der Waals surface area contributed by atoms with Crippen LogP contribution < -0.4 is 10.1 Å². The molecule has 5 heteroatoms. The van der Waals surface area contributed by atoms with Gasteiger partial charge in [-0.3, -0.25) is 4.79 Å². The molecule has 5 nitrogen and oxygen atoms in total. The van der Waals surface area contributed by atoms with Gasteiger partial charge in [-0.1, -0.05) is 69.4 Å². The van der Waals surface area contributed by atoms with Crippen LogP contribution in [-0.2, 0) is 0 Å². The lowest BCUT2D eigenvalue weighted by molar-refractivity contribution is 0.102. The van der Waals surface area contributed by atoms with Gasteiger partial charge in [-0.25, -0.2) is 0 Å². The van der Waals surface area contributed by atoms with E-state index in [4.69, 9.17) is 4.74 Å². The van der Waals surface area contributed by atoms with Gasteiger partial charge in [0.2, 0.25) is 0 Å². The second-order valence-corrected chi connectivity index (χ2v) is 7.26. The number of unbranched alkanes of at least 4 members (excludes halogenated alkanes) is 5.